The fraction of sp³-hybridized carbons (Fsp3) is 0.158. The number of nitrogens with zero attached hydrogens (tertiary/aromatic N) is 2. The maximum Gasteiger partial charge on any atom is 0.305 e. The molecule has 3 aromatic rings. The van der Waals surface area contributed by atoms with E-state index in [0.717, 1.165) is 22.1 Å². The Labute approximate surface area is 155 Å². The van der Waals surface area contributed by atoms with E-state index in [4.69, 9.17) is 16.6 Å². The lowest BCUT2D eigenvalue weighted by molar-refractivity contribution is -0.137. The number of hydrogen-bond acceptors (Lipinski definition) is 4. The van der Waals surface area contributed by atoms with Crippen LogP contribution in [0.4, 0.5) is 10.8 Å². The van der Waals surface area contributed by atoms with Crippen LogP contribution in [0.3, 0.4) is 0 Å². The zero-order chi connectivity index (χ0) is 17.8. The monoisotopic (exact) mass is 372 g/mol. The maximum absolute atomic E-state index is 11.2. The first-order chi connectivity index (χ1) is 12.0. The molecular weight excluding hydrogens is 356 g/mol. The Morgan fingerprint density at radius 3 is 2.52 bits per heavy atom. The van der Waals surface area contributed by atoms with Gasteiger partial charge in [-0.3, -0.25) is 4.79 Å². The Balaban J connectivity index is 1.96. The van der Waals surface area contributed by atoms with E-state index in [0.29, 0.717) is 5.02 Å². The number of benzene rings is 2. The minimum Gasteiger partial charge on any atom is -0.481 e. The van der Waals surface area contributed by atoms with E-state index in [2.05, 4.69) is 0 Å². The number of anilines is 2. The van der Waals surface area contributed by atoms with Crippen LogP contribution in [-0.2, 0) is 4.79 Å². The topological polar surface area (TPSA) is 53.4 Å². The SMILES string of the molecule is CC(CC(=O)O)N(c1ccccc1)c1nc(-c2ccc(Cl)cc2)cs1. The average molecular weight is 373 g/mol. The van der Waals surface area contributed by atoms with Crippen LogP contribution in [0.1, 0.15) is 13.3 Å². The first-order valence-electron chi connectivity index (χ1n) is 7.82. The third-order valence-corrected chi connectivity index (χ3v) is 4.88. The summed E-state index contributed by atoms with van der Waals surface area (Å²) in [7, 11) is 0. The van der Waals surface area contributed by atoms with Gasteiger partial charge in [-0.2, -0.15) is 0 Å². The second kappa shape index (κ2) is 7.68. The fourth-order valence-corrected chi connectivity index (χ4v) is 3.70. The highest BCUT2D eigenvalue weighted by atomic mass is 35.5. The van der Waals surface area contributed by atoms with Crippen LogP contribution in [0.2, 0.25) is 5.02 Å². The maximum atomic E-state index is 11.2. The molecule has 0 fully saturated rings. The number of para-hydroxylation sites is 1. The smallest absolute Gasteiger partial charge is 0.305 e. The highest BCUT2D eigenvalue weighted by Gasteiger charge is 2.22. The number of carbonyl (C=O) groups is 1. The van der Waals surface area contributed by atoms with E-state index in [1.165, 1.54) is 11.3 Å². The molecular formula is C19H17ClN2O2S. The zero-order valence-electron chi connectivity index (χ0n) is 13.6. The summed E-state index contributed by atoms with van der Waals surface area (Å²) in [5.41, 5.74) is 2.75. The van der Waals surface area contributed by atoms with Gasteiger partial charge in [-0.05, 0) is 31.2 Å². The molecule has 128 valence electrons. The van der Waals surface area contributed by atoms with Gasteiger partial charge in [0, 0.05) is 27.7 Å². The van der Waals surface area contributed by atoms with Crippen LogP contribution in [-0.4, -0.2) is 22.1 Å². The Hall–Kier alpha value is -2.37. The molecule has 0 aliphatic carbocycles. The highest BCUT2D eigenvalue weighted by molar-refractivity contribution is 7.14. The van der Waals surface area contributed by atoms with Crippen LogP contribution in [0.25, 0.3) is 11.3 Å². The normalized spacial score (nSPS) is 11.9. The number of carboxylic acids is 1. The van der Waals surface area contributed by atoms with Crippen molar-refractivity contribution >= 4 is 39.7 Å². The number of hydrogen-bond donors (Lipinski definition) is 1. The third kappa shape index (κ3) is 4.18. The molecule has 4 nitrogen and oxygen atoms in total. The van der Waals surface area contributed by atoms with E-state index in [-0.39, 0.29) is 12.5 Å². The predicted molar refractivity (Wildman–Crippen MR) is 103 cm³/mol. The van der Waals surface area contributed by atoms with Crippen LogP contribution in [0.15, 0.2) is 60.0 Å². The minimum atomic E-state index is -0.831. The Morgan fingerprint density at radius 2 is 1.88 bits per heavy atom. The lowest BCUT2D eigenvalue weighted by Gasteiger charge is -2.28. The fourth-order valence-electron chi connectivity index (χ4n) is 2.61. The van der Waals surface area contributed by atoms with Crippen LogP contribution in [0, 0.1) is 0 Å². The largest absolute Gasteiger partial charge is 0.481 e. The van der Waals surface area contributed by atoms with Gasteiger partial charge in [0.15, 0.2) is 5.13 Å². The molecule has 1 N–H and O–H groups in total. The van der Waals surface area contributed by atoms with Gasteiger partial charge in [-0.1, -0.05) is 41.9 Å². The van der Waals surface area contributed by atoms with Crippen LogP contribution >= 0.6 is 22.9 Å². The molecule has 6 heteroatoms. The minimum absolute atomic E-state index is 0.0325. The Kier molecular flexibility index (Phi) is 5.36. The molecule has 0 aliphatic heterocycles. The van der Waals surface area contributed by atoms with Gasteiger partial charge < -0.3 is 10.0 Å². The number of carboxylic acid groups (broad SMARTS) is 1. The van der Waals surface area contributed by atoms with Gasteiger partial charge in [0.1, 0.15) is 0 Å². The van der Waals surface area contributed by atoms with Crippen LogP contribution in [0.5, 0.6) is 0 Å². The van der Waals surface area contributed by atoms with Crippen molar-refractivity contribution in [2.75, 3.05) is 4.90 Å². The van der Waals surface area contributed by atoms with Crippen molar-refractivity contribution in [3.8, 4) is 11.3 Å². The molecule has 1 aromatic heterocycles. The van der Waals surface area contributed by atoms with Crippen molar-refractivity contribution < 1.29 is 9.90 Å². The molecule has 0 saturated carbocycles. The van der Waals surface area contributed by atoms with Gasteiger partial charge in [-0.15, -0.1) is 11.3 Å². The van der Waals surface area contributed by atoms with Gasteiger partial charge in [0.25, 0.3) is 0 Å². The molecule has 25 heavy (non-hydrogen) atoms. The molecule has 0 radical (unpaired) electrons. The van der Waals surface area contributed by atoms with Gasteiger partial charge in [-0.25, -0.2) is 4.98 Å². The average Bonchev–Trinajstić information content (AvgIpc) is 3.05. The molecule has 0 saturated heterocycles. The van der Waals surface area contributed by atoms with Crippen molar-refractivity contribution in [2.45, 2.75) is 19.4 Å². The molecule has 1 heterocycles. The summed E-state index contributed by atoms with van der Waals surface area (Å²) in [5, 5.41) is 12.6. The molecule has 3 rings (SSSR count). The molecule has 1 atom stereocenters. The molecule has 0 spiro atoms. The van der Waals surface area contributed by atoms with Gasteiger partial charge in [0.2, 0.25) is 0 Å². The zero-order valence-corrected chi connectivity index (χ0v) is 15.2. The van der Waals surface area contributed by atoms with Crippen molar-refractivity contribution in [1.29, 1.82) is 0 Å². The Morgan fingerprint density at radius 1 is 1.20 bits per heavy atom. The Bertz CT molecular complexity index is 849. The van der Waals surface area contributed by atoms with Crippen molar-refractivity contribution in [1.82, 2.24) is 4.98 Å². The summed E-state index contributed by atoms with van der Waals surface area (Å²) in [6.45, 7) is 1.89. The standard InChI is InChI=1S/C19H17ClN2O2S/c1-13(11-18(23)24)22(16-5-3-2-4-6-16)19-21-17(12-25-19)14-7-9-15(20)10-8-14/h2-10,12-13H,11H2,1H3,(H,23,24). The quantitative estimate of drug-likeness (QED) is 0.623. The summed E-state index contributed by atoms with van der Waals surface area (Å²) < 4.78 is 0. The van der Waals surface area contributed by atoms with E-state index < -0.39 is 5.97 Å². The molecule has 0 bridgehead atoms. The highest BCUT2D eigenvalue weighted by Crippen LogP contribution is 2.34. The number of halogens is 1. The van der Waals surface area contributed by atoms with Crippen molar-refractivity contribution in [3.63, 3.8) is 0 Å². The van der Waals surface area contributed by atoms with E-state index in [1.807, 2.05) is 71.8 Å². The molecule has 2 aromatic carbocycles. The number of aromatic nitrogens is 1. The second-order valence-electron chi connectivity index (χ2n) is 5.67. The molecule has 0 amide bonds. The lowest BCUT2D eigenvalue weighted by Crippen LogP contribution is -2.30. The number of rotatable bonds is 6. The van der Waals surface area contributed by atoms with E-state index >= 15 is 0 Å². The number of aliphatic carboxylic acids is 1. The summed E-state index contributed by atoms with van der Waals surface area (Å²) in [4.78, 5) is 17.9. The van der Waals surface area contributed by atoms with Crippen molar-refractivity contribution in [2.24, 2.45) is 0 Å². The van der Waals surface area contributed by atoms with Crippen molar-refractivity contribution in [3.05, 3.63) is 65.0 Å². The first kappa shape index (κ1) is 17.5. The number of thiazole rings is 1. The second-order valence-corrected chi connectivity index (χ2v) is 6.95. The molecule has 1 unspecified atom stereocenters. The van der Waals surface area contributed by atoms with Crippen LogP contribution < -0.4 is 4.90 Å². The summed E-state index contributed by atoms with van der Waals surface area (Å²) in [5.74, 6) is -0.831. The molecule has 0 aliphatic rings. The van der Waals surface area contributed by atoms with E-state index in [9.17, 15) is 9.90 Å². The first-order valence-corrected chi connectivity index (χ1v) is 9.08. The lowest BCUT2D eigenvalue weighted by atomic mass is 10.1. The van der Waals surface area contributed by atoms with Gasteiger partial charge in [0.05, 0.1) is 12.1 Å². The summed E-state index contributed by atoms with van der Waals surface area (Å²) in [6, 6.07) is 17.0. The predicted octanol–water partition coefficient (Wildman–Crippen LogP) is 5.46. The summed E-state index contributed by atoms with van der Waals surface area (Å²) >= 11 is 7.44. The van der Waals surface area contributed by atoms with Gasteiger partial charge >= 0.3 is 5.97 Å². The van der Waals surface area contributed by atoms with E-state index in [1.54, 1.807) is 0 Å². The summed E-state index contributed by atoms with van der Waals surface area (Å²) in [6.07, 6.45) is 0.0325. The third-order valence-electron chi connectivity index (χ3n) is 3.78.